The molecule has 27 heavy (non-hydrogen) atoms. The van der Waals surface area contributed by atoms with Crippen LogP contribution in [0.4, 0.5) is 0 Å². The summed E-state index contributed by atoms with van der Waals surface area (Å²) in [5, 5.41) is 8.43. The van der Waals surface area contributed by atoms with Crippen molar-refractivity contribution in [2.24, 2.45) is 10.1 Å². The second-order valence-electron chi connectivity index (χ2n) is 7.48. The van der Waals surface area contributed by atoms with Gasteiger partial charge in [-0.25, -0.2) is 0 Å². The maximum absolute atomic E-state index is 6.48. The molecule has 0 spiro atoms. The number of piperazine rings is 1. The lowest BCUT2D eigenvalue weighted by atomic mass is 9.91. The standard InChI is InChI=1S/C21H26Cl2N4/c1-3-5-15(6-4-2)26-11-12-27-21-18(26)9-10-24-20(21)19(25-27)16-8-7-14(22)13-17(16)23/h7-10,13,15,20-21H,3-6,11-12H2,1-2H3. The first-order chi connectivity index (χ1) is 13.1. The normalized spacial score (nSPS) is 23.6. The molecule has 0 radical (unpaired) electrons. The molecule has 0 amide bonds. The van der Waals surface area contributed by atoms with Gasteiger partial charge in [-0.1, -0.05) is 56.0 Å². The summed E-state index contributed by atoms with van der Waals surface area (Å²) in [4.78, 5) is 7.41. The quantitative estimate of drug-likeness (QED) is 0.667. The van der Waals surface area contributed by atoms with Crippen molar-refractivity contribution in [3.05, 3.63) is 45.6 Å². The van der Waals surface area contributed by atoms with Crippen molar-refractivity contribution in [3.8, 4) is 0 Å². The summed E-state index contributed by atoms with van der Waals surface area (Å²) >= 11 is 12.6. The molecule has 1 aromatic carbocycles. The lowest BCUT2D eigenvalue weighted by Crippen LogP contribution is -2.55. The topological polar surface area (TPSA) is 31.2 Å². The highest BCUT2D eigenvalue weighted by Gasteiger charge is 2.46. The number of dihydropyridines is 1. The van der Waals surface area contributed by atoms with Crippen LogP contribution in [0.5, 0.6) is 0 Å². The second kappa shape index (κ2) is 7.84. The number of benzene rings is 1. The average molecular weight is 405 g/mol. The zero-order valence-corrected chi connectivity index (χ0v) is 17.4. The largest absolute Gasteiger partial charge is 0.368 e. The van der Waals surface area contributed by atoms with Crippen LogP contribution in [0.25, 0.3) is 0 Å². The van der Waals surface area contributed by atoms with Gasteiger partial charge in [-0.15, -0.1) is 0 Å². The van der Waals surface area contributed by atoms with E-state index < -0.39 is 0 Å². The molecule has 4 nitrogen and oxygen atoms in total. The zero-order valence-electron chi connectivity index (χ0n) is 15.9. The molecule has 1 saturated heterocycles. The molecule has 3 aliphatic rings. The number of aliphatic imine (C=N–C) groups is 1. The molecule has 2 unspecified atom stereocenters. The maximum atomic E-state index is 6.48. The fraction of sp³-hybridized carbons (Fsp3) is 0.524. The molecular formula is C21H26Cl2N4. The van der Waals surface area contributed by atoms with Gasteiger partial charge in [0.1, 0.15) is 12.1 Å². The van der Waals surface area contributed by atoms with E-state index in [2.05, 4.69) is 29.8 Å². The summed E-state index contributed by atoms with van der Waals surface area (Å²) in [6.07, 6.45) is 9.03. The molecule has 4 rings (SSSR count). The van der Waals surface area contributed by atoms with Gasteiger partial charge < -0.3 is 4.90 Å². The van der Waals surface area contributed by atoms with E-state index in [0.717, 1.165) is 24.4 Å². The summed E-state index contributed by atoms with van der Waals surface area (Å²) in [5.41, 5.74) is 3.24. The van der Waals surface area contributed by atoms with Crippen molar-refractivity contribution in [2.75, 3.05) is 13.1 Å². The lowest BCUT2D eigenvalue weighted by molar-refractivity contribution is 0.0961. The third kappa shape index (κ3) is 3.38. The molecule has 0 saturated carbocycles. The minimum absolute atomic E-state index is 0.00428. The molecule has 1 aromatic rings. The van der Waals surface area contributed by atoms with Crippen LogP contribution >= 0.6 is 23.2 Å². The summed E-state index contributed by atoms with van der Waals surface area (Å²) in [5.74, 6) is 0. The first-order valence-corrected chi connectivity index (χ1v) is 10.7. The molecule has 6 heteroatoms. The van der Waals surface area contributed by atoms with Crippen molar-refractivity contribution in [1.29, 1.82) is 0 Å². The van der Waals surface area contributed by atoms with Crippen LogP contribution in [0, 0.1) is 0 Å². The summed E-state index contributed by atoms with van der Waals surface area (Å²) in [6, 6.07) is 6.40. The molecule has 3 aliphatic heterocycles. The third-order valence-electron chi connectivity index (χ3n) is 5.72. The first kappa shape index (κ1) is 18.8. The van der Waals surface area contributed by atoms with Crippen LogP contribution in [0.3, 0.4) is 0 Å². The molecule has 0 aromatic heterocycles. The fourth-order valence-corrected chi connectivity index (χ4v) is 5.08. The molecule has 3 heterocycles. The van der Waals surface area contributed by atoms with Crippen LogP contribution < -0.4 is 0 Å². The van der Waals surface area contributed by atoms with Gasteiger partial charge in [0, 0.05) is 35.1 Å². The van der Waals surface area contributed by atoms with Gasteiger partial charge >= 0.3 is 0 Å². The fourth-order valence-electron chi connectivity index (χ4n) is 4.57. The van der Waals surface area contributed by atoms with Crippen molar-refractivity contribution in [3.63, 3.8) is 0 Å². The SMILES string of the molecule is CCCC(CCC)N1CCN2N=C(c3ccc(Cl)cc3Cl)C3N=CC=C1C32. The number of rotatable bonds is 6. The number of hydrogen-bond acceptors (Lipinski definition) is 4. The number of nitrogens with zero attached hydrogens (tertiary/aromatic N) is 4. The highest BCUT2D eigenvalue weighted by molar-refractivity contribution is 6.37. The summed E-state index contributed by atoms with van der Waals surface area (Å²) in [6.45, 7) is 6.49. The summed E-state index contributed by atoms with van der Waals surface area (Å²) < 4.78 is 0. The maximum Gasteiger partial charge on any atom is 0.122 e. The molecule has 0 N–H and O–H groups in total. The number of allylic oxidation sites excluding steroid dienone is 1. The Hall–Kier alpha value is -1.52. The van der Waals surface area contributed by atoms with E-state index >= 15 is 0 Å². The minimum Gasteiger partial charge on any atom is -0.368 e. The van der Waals surface area contributed by atoms with E-state index in [-0.39, 0.29) is 12.1 Å². The van der Waals surface area contributed by atoms with Gasteiger partial charge in [-0.05, 0) is 31.1 Å². The van der Waals surface area contributed by atoms with Crippen molar-refractivity contribution in [1.82, 2.24) is 9.91 Å². The number of hydrazone groups is 1. The highest BCUT2D eigenvalue weighted by Crippen LogP contribution is 2.37. The van der Waals surface area contributed by atoms with Crippen LogP contribution in [0.15, 0.2) is 40.1 Å². The Balaban J connectivity index is 1.65. The van der Waals surface area contributed by atoms with E-state index in [9.17, 15) is 0 Å². The van der Waals surface area contributed by atoms with Crippen LogP contribution in [0.1, 0.15) is 45.1 Å². The molecule has 0 bridgehead atoms. The van der Waals surface area contributed by atoms with Gasteiger partial charge in [0.15, 0.2) is 0 Å². The smallest absolute Gasteiger partial charge is 0.122 e. The Morgan fingerprint density at radius 3 is 2.63 bits per heavy atom. The van der Waals surface area contributed by atoms with Gasteiger partial charge in [-0.3, -0.25) is 10.0 Å². The zero-order chi connectivity index (χ0) is 19.0. The van der Waals surface area contributed by atoms with Crippen LogP contribution in [-0.2, 0) is 0 Å². The second-order valence-corrected chi connectivity index (χ2v) is 8.32. The monoisotopic (exact) mass is 404 g/mol. The van der Waals surface area contributed by atoms with Gasteiger partial charge in [0.25, 0.3) is 0 Å². The summed E-state index contributed by atoms with van der Waals surface area (Å²) in [7, 11) is 0. The van der Waals surface area contributed by atoms with E-state index in [1.807, 2.05) is 18.3 Å². The van der Waals surface area contributed by atoms with E-state index in [0.29, 0.717) is 16.1 Å². The average Bonchev–Trinajstić information content (AvgIpc) is 3.02. The van der Waals surface area contributed by atoms with E-state index in [1.54, 1.807) is 6.07 Å². The number of hydrogen-bond donors (Lipinski definition) is 0. The van der Waals surface area contributed by atoms with Crippen molar-refractivity contribution >= 4 is 35.1 Å². The van der Waals surface area contributed by atoms with E-state index in [1.165, 1.54) is 31.4 Å². The van der Waals surface area contributed by atoms with E-state index in [4.69, 9.17) is 33.3 Å². The van der Waals surface area contributed by atoms with Crippen molar-refractivity contribution in [2.45, 2.75) is 57.7 Å². The Morgan fingerprint density at radius 1 is 1.15 bits per heavy atom. The Bertz CT molecular complexity index is 795. The molecule has 144 valence electrons. The number of halogens is 2. The predicted molar refractivity (Wildman–Crippen MR) is 114 cm³/mol. The third-order valence-corrected chi connectivity index (χ3v) is 6.27. The lowest BCUT2D eigenvalue weighted by Gasteiger charge is -2.46. The highest BCUT2D eigenvalue weighted by atomic mass is 35.5. The molecular weight excluding hydrogens is 379 g/mol. The molecule has 2 atom stereocenters. The molecule has 1 fully saturated rings. The van der Waals surface area contributed by atoms with Crippen molar-refractivity contribution < 1.29 is 0 Å². The predicted octanol–water partition coefficient (Wildman–Crippen LogP) is 5.00. The first-order valence-electron chi connectivity index (χ1n) is 9.94. The Kier molecular flexibility index (Phi) is 5.47. The Labute approximate surface area is 171 Å². The Morgan fingerprint density at radius 2 is 1.93 bits per heavy atom. The van der Waals surface area contributed by atoms with Gasteiger partial charge in [-0.2, -0.15) is 5.10 Å². The van der Waals surface area contributed by atoms with Crippen LogP contribution in [0.2, 0.25) is 10.0 Å². The molecule has 0 aliphatic carbocycles. The van der Waals surface area contributed by atoms with Gasteiger partial charge in [0.05, 0.1) is 17.3 Å². The minimum atomic E-state index is -0.00428. The van der Waals surface area contributed by atoms with Gasteiger partial charge in [0.2, 0.25) is 0 Å². The van der Waals surface area contributed by atoms with Crippen LogP contribution in [-0.4, -0.2) is 53.1 Å².